The van der Waals surface area contributed by atoms with E-state index in [4.69, 9.17) is 9.84 Å². The minimum atomic E-state index is -1.02. The minimum absolute atomic E-state index is 0. The second kappa shape index (κ2) is 6.11. The summed E-state index contributed by atoms with van der Waals surface area (Å²) in [6, 6.07) is 4.59. The summed E-state index contributed by atoms with van der Waals surface area (Å²) in [5.41, 5.74) is 0.655. The standard InChI is InChI=1S/C10H10O4.Cu/c1-14-9-6-7(2-4-8(9)11)3-5-10(12)13;/h2-6,11H,1H3,(H,12,13);. The molecule has 0 aromatic heterocycles. The number of hydrogen-bond donors (Lipinski definition) is 2. The molecule has 1 aromatic rings. The summed E-state index contributed by atoms with van der Waals surface area (Å²) < 4.78 is 4.86. The molecule has 4 nitrogen and oxygen atoms in total. The van der Waals surface area contributed by atoms with Crippen LogP contribution in [0, 0.1) is 0 Å². The molecule has 0 saturated heterocycles. The Morgan fingerprint density at radius 3 is 2.67 bits per heavy atom. The molecule has 15 heavy (non-hydrogen) atoms. The quantitative estimate of drug-likeness (QED) is 0.636. The van der Waals surface area contributed by atoms with Crippen molar-refractivity contribution >= 4 is 12.0 Å². The number of aromatic hydroxyl groups is 1. The molecule has 0 bridgehead atoms. The van der Waals surface area contributed by atoms with E-state index in [9.17, 15) is 9.90 Å². The number of benzene rings is 1. The molecule has 0 fully saturated rings. The van der Waals surface area contributed by atoms with Gasteiger partial charge in [-0.3, -0.25) is 0 Å². The maximum atomic E-state index is 10.2. The molecule has 0 aliphatic carbocycles. The fraction of sp³-hybridized carbons (Fsp3) is 0.100. The van der Waals surface area contributed by atoms with Gasteiger partial charge in [-0.25, -0.2) is 4.79 Å². The maximum Gasteiger partial charge on any atom is 0.328 e. The molecule has 0 aliphatic rings. The summed E-state index contributed by atoms with van der Waals surface area (Å²) in [6.07, 6.45) is 2.44. The predicted octanol–water partition coefficient (Wildman–Crippen LogP) is 1.50. The van der Waals surface area contributed by atoms with Gasteiger partial charge in [-0.2, -0.15) is 0 Å². The first-order valence-electron chi connectivity index (χ1n) is 3.91. The zero-order chi connectivity index (χ0) is 10.6. The topological polar surface area (TPSA) is 66.8 Å². The number of ether oxygens (including phenoxy) is 1. The molecule has 0 amide bonds. The SMILES string of the molecule is COc1cc(C=CC(=O)O)ccc1O.[Cu]. The monoisotopic (exact) mass is 257 g/mol. The number of carboxylic acid groups (broad SMARTS) is 1. The van der Waals surface area contributed by atoms with Crippen molar-refractivity contribution in [2.75, 3.05) is 7.11 Å². The number of carbonyl (C=O) groups is 1. The van der Waals surface area contributed by atoms with Crippen molar-refractivity contribution in [1.29, 1.82) is 0 Å². The van der Waals surface area contributed by atoms with Gasteiger partial charge in [0, 0.05) is 23.1 Å². The van der Waals surface area contributed by atoms with Crippen LogP contribution in [-0.4, -0.2) is 23.3 Å². The smallest absolute Gasteiger partial charge is 0.328 e. The third-order valence-electron chi connectivity index (χ3n) is 1.62. The van der Waals surface area contributed by atoms with E-state index in [1.165, 1.54) is 19.3 Å². The third-order valence-corrected chi connectivity index (χ3v) is 1.62. The van der Waals surface area contributed by atoms with E-state index in [1.54, 1.807) is 12.1 Å². The molecule has 85 valence electrons. The summed E-state index contributed by atoms with van der Waals surface area (Å²) in [6.45, 7) is 0. The molecule has 5 heteroatoms. The number of aliphatic carboxylic acids is 1. The molecule has 0 unspecified atom stereocenters. The van der Waals surface area contributed by atoms with Crippen molar-refractivity contribution in [3.63, 3.8) is 0 Å². The summed E-state index contributed by atoms with van der Waals surface area (Å²) in [7, 11) is 1.43. The van der Waals surface area contributed by atoms with Crippen LogP contribution in [0.25, 0.3) is 6.08 Å². The number of carboxylic acids is 1. The zero-order valence-electron chi connectivity index (χ0n) is 7.90. The molecule has 0 aliphatic heterocycles. The van der Waals surface area contributed by atoms with Crippen LogP contribution in [0.5, 0.6) is 11.5 Å². The Morgan fingerprint density at radius 1 is 1.47 bits per heavy atom. The number of methoxy groups -OCH3 is 1. The second-order valence-electron chi connectivity index (χ2n) is 2.60. The van der Waals surface area contributed by atoms with Crippen LogP contribution in [0.1, 0.15) is 5.56 Å². The molecule has 0 spiro atoms. The summed E-state index contributed by atoms with van der Waals surface area (Å²) >= 11 is 0. The van der Waals surface area contributed by atoms with E-state index < -0.39 is 5.97 Å². The maximum absolute atomic E-state index is 10.2. The van der Waals surface area contributed by atoms with Gasteiger partial charge < -0.3 is 14.9 Å². The van der Waals surface area contributed by atoms with E-state index in [0.29, 0.717) is 11.3 Å². The first kappa shape index (κ1) is 13.5. The third kappa shape index (κ3) is 4.06. The molecule has 2 N–H and O–H groups in total. The Labute approximate surface area is 97.7 Å². The number of rotatable bonds is 3. The van der Waals surface area contributed by atoms with Crippen molar-refractivity contribution in [2.24, 2.45) is 0 Å². The fourth-order valence-electron chi connectivity index (χ4n) is 0.965. The number of phenolic OH excluding ortho intramolecular Hbond substituents is 1. The van der Waals surface area contributed by atoms with Crippen LogP contribution in [0.3, 0.4) is 0 Å². The van der Waals surface area contributed by atoms with Crippen molar-refractivity contribution in [3.8, 4) is 11.5 Å². The van der Waals surface area contributed by atoms with Crippen LogP contribution in [0.15, 0.2) is 24.3 Å². The summed E-state index contributed by atoms with van der Waals surface area (Å²) in [5.74, 6) is -0.672. The van der Waals surface area contributed by atoms with Gasteiger partial charge in [-0.05, 0) is 23.8 Å². The molecule has 0 saturated carbocycles. The van der Waals surface area contributed by atoms with Crippen molar-refractivity contribution in [3.05, 3.63) is 29.8 Å². The first-order valence-corrected chi connectivity index (χ1v) is 3.91. The van der Waals surface area contributed by atoms with Crippen molar-refractivity contribution < 1.29 is 36.8 Å². The van der Waals surface area contributed by atoms with Gasteiger partial charge in [0.1, 0.15) is 0 Å². The largest absolute Gasteiger partial charge is 0.504 e. The Morgan fingerprint density at radius 2 is 2.13 bits per heavy atom. The van der Waals surface area contributed by atoms with Gasteiger partial charge in [0.15, 0.2) is 11.5 Å². The Hall–Kier alpha value is -1.45. The average molecular weight is 258 g/mol. The molecule has 1 aromatic carbocycles. The first-order chi connectivity index (χ1) is 6.63. The second-order valence-corrected chi connectivity index (χ2v) is 2.60. The van der Waals surface area contributed by atoms with E-state index in [-0.39, 0.29) is 22.8 Å². The Kier molecular flexibility index (Phi) is 5.52. The van der Waals surface area contributed by atoms with Crippen LogP contribution in [0.4, 0.5) is 0 Å². The van der Waals surface area contributed by atoms with Gasteiger partial charge in [0.25, 0.3) is 0 Å². The van der Waals surface area contributed by atoms with Gasteiger partial charge in [-0.15, -0.1) is 0 Å². The van der Waals surface area contributed by atoms with Crippen LogP contribution in [0.2, 0.25) is 0 Å². The normalized spacial score (nSPS) is 9.67. The minimum Gasteiger partial charge on any atom is -0.504 e. The summed E-state index contributed by atoms with van der Waals surface area (Å²) in [5, 5.41) is 17.6. The Balaban J connectivity index is 0.00000196. The molecule has 0 atom stereocenters. The van der Waals surface area contributed by atoms with Gasteiger partial charge in [-0.1, -0.05) is 6.07 Å². The molecular weight excluding hydrogens is 248 g/mol. The van der Waals surface area contributed by atoms with Crippen molar-refractivity contribution in [1.82, 2.24) is 0 Å². The zero-order valence-corrected chi connectivity index (χ0v) is 8.84. The van der Waals surface area contributed by atoms with Crippen molar-refractivity contribution in [2.45, 2.75) is 0 Å². The van der Waals surface area contributed by atoms with Crippen LogP contribution < -0.4 is 4.74 Å². The van der Waals surface area contributed by atoms with E-state index >= 15 is 0 Å². The van der Waals surface area contributed by atoms with Gasteiger partial charge in [0.05, 0.1) is 7.11 Å². The molecule has 0 heterocycles. The number of hydrogen-bond acceptors (Lipinski definition) is 3. The molecule has 1 rings (SSSR count). The fourth-order valence-corrected chi connectivity index (χ4v) is 0.965. The van der Waals surface area contributed by atoms with Crippen LogP contribution in [-0.2, 0) is 21.9 Å². The van der Waals surface area contributed by atoms with E-state index in [1.807, 2.05) is 0 Å². The van der Waals surface area contributed by atoms with Crippen LogP contribution >= 0.6 is 0 Å². The van der Waals surface area contributed by atoms with E-state index in [2.05, 4.69) is 0 Å². The van der Waals surface area contributed by atoms with E-state index in [0.717, 1.165) is 6.08 Å². The number of phenols is 1. The average Bonchev–Trinajstić information content (AvgIpc) is 2.16. The van der Waals surface area contributed by atoms with Gasteiger partial charge in [0.2, 0.25) is 0 Å². The summed E-state index contributed by atoms with van der Waals surface area (Å²) in [4.78, 5) is 10.2. The molecule has 1 radical (unpaired) electrons. The molecular formula is C10H10CuO4. The Bertz CT molecular complexity index is 374. The van der Waals surface area contributed by atoms with Gasteiger partial charge >= 0.3 is 5.97 Å². The predicted molar refractivity (Wildman–Crippen MR) is 51.3 cm³/mol.